The lowest BCUT2D eigenvalue weighted by Crippen LogP contribution is -2.35. The molecule has 0 aliphatic carbocycles. The molecule has 0 unspecified atom stereocenters. The third-order valence-corrected chi connectivity index (χ3v) is 7.13. The molecule has 7 nitrogen and oxygen atoms in total. The molecule has 3 aromatic carbocycles. The van der Waals surface area contributed by atoms with Crippen LogP contribution in [0.25, 0.3) is 0 Å². The highest BCUT2D eigenvalue weighted by Gasteiger charge is 2.22. The van der Waals surface area contributed by atoms with Crippen molar-refractivity contribution in [3.63, 3.8) is 0 Å². The summed E-state index contributed by atoms with van der Waals surface area (Å²) in [4.78, 5) is 17.1. The van der Waals surface area contributed by atoms with Gasteiger partial charge < -0.3 is 14.5 Å². The van der Waals surface area contributed by atoms with Gasteiger partial charge in [0.25, 0.3) is 15.9 Å². The fraction of sp³-hybridized carbons (Fsp3) is 0.240. The molecule has 1 amide bonds. The first-order valence-electron chi connectivity index (χ1n) is 10.9. The summed E-state index contributed by atoms with van der Waals surface area (Å²) in [6, 6.07) is 18.8. The summed E-state index contributed by atoms with van der Waals surface area (Å²) in [7, 11) is -2.22. The molecule has 0 radical (unpaired) electrons. The Morgan fingerprint density at radius 3 is 2.21 bits per heavy atom. The van der Waals surface area contributed by atoms with Gasteiger partial charge in [-0.3, -0.25) is 9.52 Å². The minimum atomic E-state index is -3.86. The molecule has 34 heavy (non-hydrogen) atoms. The zero-order chi connectivity index (χ0) is 24.1. The van der Waals surface area contributed by atoms with Gasteiger partial charge in [-0.15, -0.1) is 0 Å². The first kappa shape index (κ1) is 23.6. The van der Waals surface area contributed by atoms with E-state index in [9.17, 15) is 17.6 Å². The summed E-state index contributed by atoms with van der Waals surface area (Å²) < 4.78 is 45.9. The molecule has 0 spiro atoms. The number of hydrogen-bond acceptors (Lipinski definition) is 5. The number of rotatable bonds is 6. The Balaban J connectivity index is 1.40. The molecule has 0 bridgehead atoms. The highest BCUT2D eigenvalue weighted by atomic mass is 32.2. The lowest BCUT2D eigenvalue weighted by atomic mass is 10.2. The number of methoxy groups -OCH3 is 1. The van der Waals surface area contributed by atoms with Crippen LogP contribution in [0, 0.1) is 5.82 Å². The van der Waals surface area contributed by atoms with Crippen LogP contribution in [0.3, 0.4) is 0 Å². The molecule has 1 N–H and O–H groups in total. The van der Waals surface area contributed by atoms with E-state index in [0.29, 0.717) is 25.2 Å². The van der Waals surface area contributed by atoms with Gasteiger partial charge in [-0.25, -0.2) is 12.8 Å². The fourth-order valence-electron chi connectivity index (χ4n) is 3.86. The molecule has 1 aliphatic heterocycles. The van der Waals surface area contributed by atoms with E-state index >= 15 is 0 Å². The van der Waals surface area contributed by atoms with E-state index in [2.05, 4.69) is 9.62 Å². The molecule has 1 aliphatic rings. The van der Waals surface area contributed by atoms with E-state index in [1.807, 2.05) is 24.3 Å². The number of halogens is 1. The van der Waals surface area contributed by atoms with Crippen molar-refractivity contribution in [2.45, 2.75) is 11.3 Å². The molecule has 178 valence electrons. The molecule has 9 heteroatoms. The smallest absolute Gasteiger partial charge is 0.261 e. The van der Waals surface area contributed by atoms with Crippen LogP contribution in [0.5, 0.6) is 5.75 Å². The third-order valence-electron chi connectivity index (χ3n) is 5.73. The molecule has 0 saturated carbocycles. The third kappa shape index (κ3) is 5.48. The Labute approximate surface area is 198 Å². The number of carbonyl (C=O) groups excluding carboxylic acids is 1. The summed E-state index contributed by atoms with van der Waals surface area (Å²) >= 11 is 0. The molecule has 4 rings (SSSR count). The second kappa shape index (κ2) is 10.1. The molecule has 0 aromatic heterocycles. The van der Waals surface area contributed by atoms with Crippen molar-refractivity contribution in [1.29, 1.82) is 0 Å². The fourth-order valence-corrected chi connectivity index (χ4v) is 4.92. The Bertz CT molecular complexity index is 1230. The predicted molar refractivity (Wildman–Crippen MR) is 129 cm³/mol. The van der Waals surface area contributed by atoms with Crippen molar-refractivity contribution >= 4 is 27.3 Å². The molecule has 1 fully saturated rings. The summed E-state index contributed by atoms with van der Waals surface area (Å²) in [6.07, 6.45) is 0.825. The largest absolute Gasteiger partial charge is 0.497 e. The first-order valence-corrected chi connectivity index (χ1v) is 12.4. The van der Waals surface area contributed by atoms with Crippen molar-refractivity contribution in [3.05, 3.63) is 84.2 Å². The van der Waals surface area contributed by atoms with Gasteiger partial charge in [0.15, 0.2) is 0 Å². The van der Waals surface area contributed by atoms with Crippen LogP contribution in [0.15, 0.2) is 77.7 Å². The summed E-state index contributed by atoms with van der Waals surface area (Å²) in [6.45, 7) is 2.73. The van der Waals surface area contributed by atoms with Gasteiger partial charge in [-0.2, -0.15) is 0 Å². The van der Waals surface area contributed by atoms with Gasteiger partial charge in [-0.1, -0.05) is 0 Å². The molecular formula is C25H26FN3O4S. The number of sulfonamides is 1. The topological polar surface area (TPSA) is 79.0 Å². The number of ether oxygens (including phenoxy) is 1. The number of carbonyl (C=O) groups is 1. The average Bonchev–Trinajstić information content (AvgIpc) is 3.11. The van der Waals surface area contributed by atoms with Crippen LogP contribution in [-0.4, -0.2) is 52.5 Å². The maximum absolute atomic E-state index is 13.1. The zero-order valence-electron chi connectivity index (χ0n) is 18.8. The minimum absolute atomic E-state index is 0.0231. The summed E-state index contributed by atoms with van der Waals surface area (Å²) in [5.41, 5.74) is 1.77. The normalized spacial score (nSPS) is 14.4. The van der Waals surface area contributed by atoms with Crippen molar-refractivity contribution in [2.24, 2.45) is 0 Å². The average molecular weight is 484 g/mol. The number of nitrogens with zero attached hydrogens (tertiary/aromatic N) is 2. The number of nitrogens with one attached hydrogen (secondary N) is 1. The maximum Gasteiger partial charge on any atom is 0.261 e. The van der Waals surface area contributed by atoms with E-state index in [4.69, 9.17) is 4.74 Å². The highest BCUT2D eigenvalue weighted by molar-refractivity contribution is 7.92. The first-order chi connectivity index (χ1) is 16.4. The van der Waals surface area contributed by atoms with Gasteiger partial charge in [-0.05, 0) is 79.2 Å². The number of anilines is 2. The second-order valence-electron chi connectivity index (χ2n) is 7.97. The number of hydrogen-bond donors (Lipinski definition) is 1. The molecule has 1 saturated heterocycles. The molecule has 3 aromatic rings. The van der Waals surface area contributed by atoms with Crippen LogP contribution in [-0.2, 0) is 10.0 Å². The zero-order valence-corrected chi connectivity index (χ0v) is 19.6. The van der Waals surface area contributed by atoms with Crippen molar-refractivity contribution in [2.75, 3.05) is 42.9 Å². The lowest BCUT2D eigenvalue weighted by Gasteiger charge is -2.24. The predicted octanol–water partition coefficient (Wildman–Crippen LogP) is 3.99. The van der Waals surface area contributed by atoms with Gasteiger partial charge >= 0.3 is 0 Å². The SMILES string of the molecule is COc1ccc(N2CCCN(C(=O)c3ccc(S(=O)(=O)Nc4ccc(F)cc4)cc3)CC2)cc1. The Morgan fingerprint density at radius 1 is 0.882 bits per heavy atom. The van der Waals surface area contributed by atoms with E-state index in [1.165, 1.54) is 48.5 Å². The van der Waals surface area contributed by atoms with Gasteiger partial charge in [0.2, 0.25) is 0 Å². The van der Waals surface area contributed by atoms with Crippen LogP contribution < -0.4 is 14.4 Å². The lowest BCUT2D eigenvalue weighted by molar-refractivity contribution is 0.0767. The number of benzene rings is 3. The van der Waals surface area contributed by atoms with Gasteiger partial charge in [0.1, 0.15) is 11.6 Å². The molecular weight excluding hydrogens is 457 g/mol. The second-order valence-corrected chi connectivity index (χ2v) is 9.65. The van der Waals surface area contributed by atoms with Crippen LogP contribution in [0.4, 0.5) is 15.8 Å². The summed E-state index contributed by atoms with van der Waals surface area (Å²) in [5, 5.41) is 0. The summed E-state index contributed by atoms with van der Waals surface area (Å²) in [5.74, 6) is 0.215. The van der Waals surface area contributed by atoms with Crippen molar-refractivity contribution in [1.82, 2.24) is 4.90 Å². The quantitative estimate of drug-likeness (QED) is 0.574. The van der Waals surface area contributed by atoms with Crippen molar-refractivity contribution < 1.29 is 22.3 Å². The van der Waals surface area contributed by atoms with Crippen LogP contribution >= 0.6 is 0 Å². The van der Waals surface area contributed by atoms with E-state index in [-0.39, 0.29) is 16.5 Å². The number of amides is 1. The maximum atomic E-state index is 13.1. The Hall–Kier alpha value is -3.59. The van der Waals surface area contributed by atoms with Gasteiger partial charge in [0.05, 0.1) is 12.0 Å². The molecule has 0 atom stereocenters. The van der Waals surface area contributed by atoms with Gasteiger partial charge in [0, 0.05) is 43.1 Å². The standard InChI is InChI=1S/C25H26FN3O4S/c1-33-23-11-9-22(10-12-23)28-15-2-16-29(18-17-28)25(30)19-3-13-24(14-4-19)34(31,32)27-21-7-5-20(26)6-8-21/h3-14,27H,2,15-18H2,1H3. The molecule has 1 heterocycles. The van der Waals surface area contributed by atoms with E-state index in [0.717, 1.165) is 24.4 Å². The van der Waals surface area contributed by atoms with Crippen molar-refractivity contribution in [3.8, 4) is 5.75 Å². The van der Waals surface area contributed by atoms with E-state index in [1.54, 1.807) is 12.0 Å². The Morgan fingerprint density at radius 2 is 1.56 bits per heavy atom. The van der Waals surface area contributed by atoms with Crippen LogP contribution in [0.2, 0.25) is 0 Å². The Kier molecular flexibility index (Phi) is 7.02. The van der Waals surface area contributed by atoms with Crippen LogP contribution in [0.1, 0.15) is 16.8 Å². The minimum Gasteiger partial charge on any atom is -0.497 e. The highest BCUT2D eigenvalue weighted by Crippen LogP contribution is 2.22. The monoisotopic (exact) mass is 483 g/mol. The van der Waals surface area contributed by atoms with E-state index < -0.39 is 15.8 Å².